The van der Waals surface area contributed by atoms with Gasteiger partial charge >= 0.3 is 0 Å². The monoisotopic (exact) mass is 441 g/mol. The molecule has 0 aliphatic rings. The van der Waals surface area contributed by atoms with Gasteiger partial charge in [-0.15, -0.1) is 0 Å². The normalized spacial score (nSPS) is 10.1. The first-order valence-corrected chi connectivity index (χ1v) is 8.62. The maximum Gasteiger partial charge on any atom is 0.269 e. The zero-order valence-corrected chi connectivity index (χ0v) is 15.7. The van der Waals surface area contributed by atoms with Crippen LogP contribution in [-0.2, 0) is 4.79 Å². The van der Waals surface area contributed by atoms with Crippen molar-refractivity contribution in [1.82, 2.24) is 16.2 Å². The molecule has 0 fully saturated rings. The number of rotatable bonds is 5. The van der Waals surface area contributed by atoms with Crippen LogP contribution in [0, 0.1) is 5.82 Å². The molecule has 3 N–H and O–H groups in total. The van der Waals surface area contributed by atoms with Gasteiger partial charge in [0.15, 0.2) is 0 Å². The van der Waals surface area contributed by atoms with E-state index in [4.69, 9.17) is 11.6 Å². The predicted molar refractivity (Wildman–Crippen MR) is 98.1 cm³/mol. The molecule has 0 aliphatic heterocycles. The van der Waals surface area contributed by atoms with E-state index in [9.17, 15) is 18.8 Å². The number of amides is 3. The second-order valence-corrected chi connectivity index (χ2v) is 6.46. The van der Waals surface area contributed by atoms with E-state index in [1.54, 1.807) is 24.3 Å². The summed E-state index contributed by atoms with van der Waals surface area (Å²) in [7, 11) is 0. The van der Waals surface area contributed by atoms with E-state index in [1.165, 1.54) is 6.07 Å². The fraction of sp³-hybridized carbons (Fsp3) is 0.118. The number of hydrogen-bond donors (Lipinski definition) is 3. The number of halogens is 3. The first-order valence-electron chi connectivity index (χ1n) is 7.45. The van der Waals surface area contributed by atoms with Gasteiger partial charge in [0.1, 0.15) is 5.82 Å². The van der Waals surface area contributed by atoms with Gasteiger partial charge in [-0.3, -0.25) is 25.2 Å². The Morgan fingerprint density at radius 3 is 2.35 bits per heavy atom. The topological polar surface area (TPSA) is 87.3 Å². The highest BCUT2D eigenvalue weighted by Crippen LogP contribution is 2.16. The summed E-state index contributed by atoms with van der Waals surface area (Å²) in [4.78, 5) is 35.5. The van der Waals surface area contributed by atoms with Crippen LogP contribution in [0.4, 0.5) is 4.39 Å². The highest BCUT2D eigenvalue weighted by molar-refractivity contribution is 9.10. The van der Waals surface area contributed by atoms with Gasteiger partial charge in [0.2, 0.25) is 5.91 Å². The van der Waals surface area contributed by atoms with Crippen molar-refractivity contribution in [3.05, 3.63) is 68.9 Å². The molecule has 6 nitrogen and oxygen atoms in total. The number of carbonyl (C=O) groups excluding carboxylic acids is 3. The molecule has 0 bridgehead atoms. The molecule has 2 rings (SSSR count). The summed E-state index contributed by atoms with van der Waals surface area (Å²) < 4.78 is 13.8. The predicted octanol–water partition coefficient (Wildman–Crippen LogP) is 2.82. The molecule has 0 aromatic heterocycles. The molecular weight excluding hydrogens is 429 g/mol. The third-order valence-electron chi connectivity index (χ3n) is 3.24. The Hall–Kier alpha value is -2.45. The summed E-state index contributed by atoms with van der Waals surface area (Å²) >= 11 is 9.05. The number of nitrogens with one attached hydrogen (secondary N) is 3. The first kappa shape index (κ1) is 19.9. The van der Waals surface area contributed by atoms with Gasteiger partial charge < -0.3 is 5.32 Å². The van der Waals surface area contributed by atoms with Gasteiger partial charge in [0, 0.05) is 23.0 Å². The molecule has 26 heavy (non-hydrogen) atoms. The Bertz CT molecular complexity index is 831. The largest absolute Gasteiger partial charge is 0.351 e. The fourth-order valence-corrected chi connectivity index (χ4v) is 2.44. The zero-order chi connectivity index (χ0) is 19.1. The van der Waals surface area contributed by atoms with Gasteiger partial charge in [-0.05, 0) is 42.5 Å². The minimum absolute atomic E-state index is 0.0197. The lowest BCUT2D eigenvalue weighted by molar-refractivity contribution is -0.121. The molecule has 0 saturated heterocycles. The van der Waals surface area contributed by atoms with E-state index < -0.39 is 23.5 Å². The van der Waals surface area contributed by atoms with Crippen molar-refractivity contribution < 1.29 is 18.8 Å². The van der Waals surface area contributed by atoms with Crippen LogP contribution in [0.25, 0.3) is 0 Å². The molecule has 9 heteroatoms. The third-order valence-corrected chi connectivity index (χ3v) is 4.08. The quantitative estimate of drug-likeness (QED) is 0.622. The number of hydrogen-bond acceptors (Lipinski definition) is 3. The lowest BCUT2D eigenvalue weighted by Gasteiger charge is -2.09. The van der Waals surface area contributed by atoms with E-state index in [0.717, 1.165) is 16.6 Å². The lowest BCUT2D eigenvalue weighted by atomic mass is 10.2. The summed E-state index contributed by atoms with van der Waals surface area (Å²) in [5.74, 6) is -2.02. The highest BCUT2D eigenvalue weighted by atomic mass is 79.9. The maximum atomic E-state index is 13.0. The number of hydrazine groups is 1. The standard InChI is InChI=1S/C17H14BrClFN3O3/c18-11-3-1-10(2-4-11)16(25)23-22-15(24)7-8-21-17(26)13-6-5-12(20)9-14(13)19/h1-6,9H,7-8H2,(H,21,26)(H,22,24)(H,23,25). The van der Waals surface area contributed by atoms with Crippen molar-refractivity contribution >= 4 is 45.3 Å². The van der Waals surface area contributed by atoms with Crippen LogP contribution in [0.1, 0.15) is 27.1 Å². The molecule has 136 valence electrons. The number of carbonyl (C=O) groups is 3. The van der Waals surface area contributed by atoms with Crippen molar-refractivity contribution in [2.45, 2.75) is 6.42 Å². The second-order valence-electron chi connectivity index (χ2n) is 5.14. The summed E-state index contributed by atoms with van der Waals surface area (Å²) in [5.41, 5.74) is 5.02. The molecule has 0 aliphatic carbocycles. The van der Waals surface area contributed by atoms with Crippen LogP contribution in [0.15, 0.2) is 46.9 Å². The van der Waals surface area contributed by atoms with Gasteiger partial charge in [0.05, 0.1) is 10.6 Å². The van der Waals surface area contributed by atoms with E-state index >= 15 is 0 Å². The Morgan fingerprint density at radius 1 is 1.00 bits per heavy atom. The molecule has 0 spiro atoms. The average molecular weight is 443 g/mol. The molecule has 0 atom stereocenters. The lowest BCUT2D eigenvalue weighted by Crippen LogP contribution is -2.42. The van der Waals surface area contributed by atoms with Crippen LogP contribution in [-0.4, -0.2) is 24.3 Å². The van der Waals surface area contributed by atoms with Crippen molar-refractivity contribution in [2.24, 2.45) is 0 Å². The van der Waals surface area contributed by atoms with Crippen LogP contribution in [0.2, 0.25) is 5.02 Å². The molecule has 0 saturated carbocycles. The highest BCUT2D eigenvalue weighted by Gasteiger charge is 2.12. The minimum Gasteiger partial charge on any atom is -0.351 e. The third kappa shape index (κ3) is 5.82. The van der Waals surface area contributed by atoms with Gasteiger partial charge in [-0.1, -0.05) is 27.5 Å². The van der Waals surface area contributed by atoms with E-state index in [-0.39, 0.29) is 23.6 Å². The fourth-order valence-electron chi connectivity index (χ4n) is 1.92. The van der Waals surface area contributed by atoms with Crippen LogP contribution in [0.5, 0.6) is 0 Å². The van der Waals surface area contributed by atoms with Crippen molar-refractivity contribution in [1.29, 1.82) is 0 Å². The smallest absolute Gasteiger partial charge is 0.269 e. The number of benzene rings is 2. The Kier molecular flexibility index (Phi) is 7.11. The summed E-state index contributed by atoms with van der Waals surface area (Å²) in [6.45, 7) is 0.0204. The Labute approximate surface area is 162 Å². The Morgan fingerprint density at radius 2 is 1.69 bits per heavy atom. The van der Waals surface area contributed by atoms with Crippen LogP contribution < -0.4 is 16.2 Å². The van der Waals surface area contributed by atoms with Crippen molar-refractivity contribution in [3.8, 4) is 0 Å². The van der Waals surface area contributed by atoms with Crippen molar-refractivity contribution in [2.75, 3.05) is 6.54 Å². The first-order chi connectivity index (χ1) is 12.4. The van der Waals surface area contributed by atoms with Gasteiger partial charge in [-0.25, -0.2) is 4.39 Å². The van der Waals surface area contributed by atoms with Gasteiger partial charge in [0.25, 0.3) is 11.8 Å². The zero-order valence-electron chi connectivity index (χ0n) is 13.3. The molecule has 3 amide bonds. The SMILES string of the molecule is O=C(CCNC(=O)c1ccc(F)cc1Cl)NNC(=O)c1ccc(Br)cc1. The summed E-state index contributed by atoms with van der Waals surface area (Å²) in [6.07, 6.45) is -0.0643. The summed E-state index contributed by atoms with van der Waals surface area (Å²) in [6, 6.07) is 9.99. The molecule has 0 radical (unpaired) electrons. The molecule has 2 aromatic rings. The van der Waals surface area contributed by atoms with E-state index in [2.05, 4.69) is 32.1 Å². The minimum atomic E-state index is -0.549. The second kappa shape index (κ2) is 9.30. The van der Waals surface area contributed by atoms with Crippen molar-refractivity contribution in [3.63, 3.8) is 0 Å². The average Bonchev–Trinajstić information content (AvgIpc) is 2.60. The van der Waals surface area contributed by atoms with Gasteiger partial charge in [-0.2, -0.15) is 0 Å². The van der Waals surface area contributed by atoms with Crippen LogP contribution >= 0.6 is 27.5 Å². The Balaban J connectivity index is 1.74. The van der Waals surface area contributed by atoms with Crippen LogP contribution in [0.3, 0.4) is 0 Å². The summed E-state index contributed by atoms with van der Waals surface area (Å²) in [5, 5.41) is 2.47. The molecule has 2 aromatic carbocycles. The molecule has 0 heterocycles. The van der Waals surface area contributed by atoms with E-state index in [1.807, 2.05) is 0 Å². The molecular formula is C17H14BrClFN3O3. The maximum absolute atomic E-state index is 13.0. The van der Waals surface area contributed by atoms with E-state index in [0.29, 0.717) is 5.56 Å². The molecule has 0 unspecified atom stereocenters.